The maximum absolute atomic E-state index is 15.0. The van der Waals surface area contributed by atoms with E-state index in [9.17, 15) is 66.6 Å². The minimum absolute atomic E-state index is 0.00967. The second-order valence-corrected chi connectivity index (χ2v) is 30.5. The van der Waals surface area contributed by atoms with Crippen LogP contribution < -0.4 is 21.3 Å². The van der Waals surface area contributed by atoms with Crippen LogP contribution >= 0.6 is 30.3 Å². The molecule has 93 heavy (non-hydrogen) atoms. The van der Waals surface area contributed by atoms with Crippen molar-refractivity contribution >= 4 is 87.6 Å². The summed E-state index contributed by atoms with van der Waals surface area (Å²) in [4.78, 5) is 142. The number of likely N-dealkylation sites (tertiary alicyclic amines) is 2. The molecule has 504 valence electrons. The predicted molar refractivity (Wildman–Crippen MR) is 352 cm³/mol. The van der Waals surface area contributed by atoms with Crippen LogP contribution in [-0.4, -0.2) is 163 Å². The Kier molecular flexibility index (Phi) is 23.6. The number of alkyl halides is 2. The third kappa shape index (κ3) is 18.1. The minimum Gasteiger partial charge on any atom is -0.391 e. The molecule has 26 heteroatoms. The Morgan fingerprint density at radius 2 is 1.39 bits per heavy atom. The van der Waals surface area contributed by atoms with Crippen LogP contribution in [0.4, 0.5) is 8.78 Å². The van der Waals surface area contributed by atoms with Gasteiger partial charge in [-0.2, -0.15) is 8.78 Å². The molecular weight excluding hydrogens is 1260 g/mol. The highest BCUT2D eigenvalue weighted by Gasteiger charge is 2.51. The van der Waals surface area contributed by atoms with Gasteiger partial charge in [-0.05, 0) is 90.6 Å². The smallest absolute Gasteiger partial charge is 0.391 e. The standard InChI is InChI=1S/C67H88F2N9O12PS2/c1-41(43-23-25-45(26-24-43)57-42(2)71-40-92-57)72-60(83)50-35-49(79)38-78(50)64(87)58(65(3,4)5)73-54(80)22-16-11-9-10-12-17-29-70-55(81)36-56(82)75-31-32-77(51(39-75)62(85)76-30-18-21-46(37-76)44-19-14-13-15-20-44)63(86)59(66(6,7)8)74-61(84)53-34-47-33-48(27-28-52(47)93-53)67(68,69)91(88,89)90/h13-15,19-20,23-28,33-34,40-41,46,49-51,58-59,79H,9-12,16-18,21-22,29-32,35-39H2,1-8H3,(H,70,81)(H,72,83)(H,73,80)(H,74,84)(H2,88,89,90)/t41-,46?,49+,50-,51?,58?,59?/m0/s1. The molecule has 0 saturated carbocycles. The zero-order chi connectivity index (χ0) is 67.7. The van der Waals surface area contributed by atoms with Crippen molar-refractivity contribution in [1.29, 1.82) is 0 Å². The van der Waals surface area contributed by atoms with Gasteiger partial charge in [0.05, 0.1) is 39.6 Å². The first kappa shape index (κ1) is 71.8. The van der Waals surface area contributed by atoms with E-state index in [2.05, 4.69) is 26.3 Å². The summed E-state index contributed by atoms with van der Waals surface area (Å²) in [5, 5.41) is 22.5. The molecule has 5 heterocycles. The van der Waals surface area contributed by atoms with Gasteiger partial charge in [0.2, 0.25) is 41.4 Å². The molecule has 8 rings (SSSR count). The predicted octanol–water partition coefficient (Wildman–Crippen LogP) is 8.76. The Morgan fingerprint density at radius 3 is 2.04 bits per heavy atom. The van der Waals surface area contributed by atoms with E-state index in [-0.39, 0.29) is 79.0 Å². The molecule has 7 N–H and O–H groups in total. The van der Waals surface area contributed by atoms with Crippen molar-refractivity contribution in [3.05, 3.63) is 112 Å². The van der Waals surface area contributed by atoms with Crippen LogP contribution in [0.3, 0.4) is 0 Å². The van der Waals surface area contributed by atoms with Crippen LogP contribution in [-0.2, 0) is 43.8 Å². The van der Waals surface area contributed by atoms with Gasteiger partial charge in [0.1, 0.15) is 30.6 Å². The summed E-state index contributed by atoms with van der Waals surface area (Å²) < 4.78 is 41.3. The van der Waals surface area contributed by atoms with Crippen molar-refractivity contribution in [3.63, 3.8) is 0 Å². The van der Waals surface area contributed by atoms with E-state index in [0.29, 0.717) is 43.6 Å². The normalized spacial score (nSPS) is 19.2. The van der Waals surface area contributed by atoms with Crippen molar-refractivity contribution in [2.75, 3.05) is 45.8 Å². The summed E-state index contributed by atoms with van der Waals surface area (Å²) in [6.07, 6.45) is 4.70. The number of fused-ring (bicyclic) bond motifs is 1. The van der Waals surface area contributed by atoms with Gasteiger partial charge in [-0.1, -0.05) is 128 Å². The number of amides is 8. The number of carbonyl (C=O) groups excluding carboxylic acids is 8. The Labute approximate surface area is 550 Å². The van der Waals surface area contributed by atoms with E-state index in [1.54, 1.807) is 42.5 Å². The molecule has 3 aromatic carbocycles. The van der Waals surface area contributed by atoms with Gasteiger partial charge < -0.3 is 55.8 Å². The first-order valence-electron chi connectivity index (χ1n) is 31.9. The van der Waals surface area contributed by atoms with Crippen molar-refractivity contribution in [1.82, 2.24) is 45.9 Å². The molecule has 7 atom stereocenters. The number of nitrogens with zero attached hydrogens (tertiary/aromatic N) is 5. The van der Waals surface area contributed by atoms with Crippen LogP contribution in [0.25, 0.3) is 20.5 Å². The number of benzene rings is 3. The van der Waals surface area contributed by atoms with Crippen molar-refractivity contribution in [2.24, 2.45) is 10.8 Å². The molecule has 0 spiro atoms. The lowest BCUT2D eigenvalue weighted by atomic mass is 9.85. The topological polar surface area (TPSA) is 288 Å². The van der Waals surface area contributed by atoms with Crippen molar-refractivity contribution in [2.45, 2.75) is 174 Å². The summed E-state index contributed by atoms with van der Waals surface area (Å²) in [5.74, 6) is -3.82. The third-order valence-corrected chi connectivity index (χ3v) is 20.8. The first-order chi connectivity index (χ1) is 43.8. The summed E-state index contributed by atoms with van der Waals surface area (Å²) >= 11 is 2.49. The number of thiazole rings is 1. The molecule has 8 amide bonds. The number of thiophene rings is 1. The molecule has 0 aliphatic carbocycles. The van der Waals surface area contributed by atoms with Crippen LogP contribution in [0.15, 0.2) is 84.4 Å². The average Bonchev–Trinajstić information content (AvgIpc) is 1.78. The largest absolute Gasteiger partial charge is 0.399 e. The summed E-state index contributed by atoms with van der Waals surface area (Å²) in [6, 6.07) is 17.3. The van der Waals surface area contributed by atoms with E-state index in [1.165, 1.54) is 26.8 Å². The van der Waals surface area contributed by atoms with Crippen LogP contribution in [0.1, 0.15) is 163 Å². The fourth-order valence-electron chi connectivity index (χ4n) is 12.3. The number of unbranched alkanes of at least 4 members (excludes halogenated alkanes) is 5. The highest BCUT2D eigenvalue weighted by Crippen LogP contribution is 2.59. The number of hydrogen-bond acceptors (Lipinski definition) is 13. The number of β-amino-alcohol motifs (C(OH)–C–C–N with tert-alkyl or cyclic N) is 1. The molecule has 5 aromatic rings. The van der Waals surface area contributed by atoms with E-state index >= 15 is 0 Å². The molecule has 3 fully saturated rings. The fourth-order valence-corrected chi connectivity index (χ4v) is 14.5. The molecule has 3 aliphatic rings. The Balaban J connectivity index is 0.795. The summed E-state index contributed by atoms with van der Waals surface area (Å²) in [7, 11) is -5.87. The number of aliphatic hydroxyl groups is 1. The lowest BCUT2D eigenvalue weighted by molar-refractivity contribution is -0.155. The lowest BCUT2D eigenvalue weighted by Crippen LogP contribution is -2.66. The second-order valence-electron chi connectivity index (χ2n) is 26.9. The van der Waals surface area contributed by atoms with Gasteiger partial charge in [0, 0.05) is 68.3 Å². The Hall–Kier alpha value is -7.02. The number of hydrogen-bond donors (Lipinski definition) is 7. The van der Waals surface area contributed by atoms with Crippen molar-refractivity contribution < 1.29 is 66.6 Å². The molecule has 0 bridgehead atoms. The molecule has 4 unspecified atom stereocenters. The SMILES string of the molecule is Cc1ncsc1-c1ccc([C@H](C)NC(=O)[C@@H]2C[C@@H](O)CN2C(=O)C(NC(=O)CCCCCCCCNC(=O)CC(=O)N2CCN(C(=O)C(NC(=O)c3cc4cc(C(F)(F)P(=O)(O)O)ccc4s3)C(C)(C)C)C(C(=O)N3CCCC(c4ccccc4)C3)C2)C(C)(C)C)cc1. The number of nitrogens with one attached hydrogen (secondary N) is 4. The summed E-state index contributed by atoms with van der Waals surface area (Å²) in [6.45, 7) is 15.3. The lowest BCUT2D eigenvalue weighted by Gasteiger charge is -2.45. The first-order valence-corrected chi connectivity index (χ1v) is 35.2. The zero-order valence-electron chi connectivity index (χ0n) is 54.1. The number of rotatable bonds is 24. The quantitative estimate of drug-likeness (QED) is 0.0173. The fraction of sp³-hybridized carbons (Fsp3) is 0.537. The second kappa shape index (κ2) is 30.6. The van der Waals surface area contributed by atoms with E-state index < -0.39 is 95.9 Å². The molecule has 3 saturated heterocycles. The average molecular weight is 1340 g/mol. The van der Waals surface area contributed by atoms with Gasteiger partial charge in [-0.15, -0.1) is 22.7 Å². The number of carbonyl (C=O) groups is 8. The number of piperazine rings is 1. The number of halogens is 2. The van der Waals surface area contributed by atoms with Gasteiger partial charge in [0.15, 0.2) is 0 Å². The molecule has 21 nitrogen and oxygen atoms in total. The Bertz CT molecular complexity index is 3550. The molecule has 0 radical (unpaired) electrons. The van der Waals surface area contributed by atoms with Gasteiger partial charge in [0.25, 0.3) is 5.91 Å². The maximum atomic E-state index is 15.0. The highest BCUT2D eigenvalue weighted by molar-refractivity contribution is 7.52. The van der Waals surface area contributed by atoms with Gasteiger partial charge in [-0.3, -0.25) is 42.9 Å². The van der Waals surface area contributed by atoms with Gasteiger partial charge in [-0.25, -0.2) is 4.98 Å². The minimum atomic E-state index is -5.87. The number of aryl methyl sites for hydroxylation is 1. The van der Waals surface area contributed by atoms with Crippen LogP contribution in [0.2, 0.25) is 0 Å². The molecular formula is C67H88F2N9O12PS2. The van der Waals surface area contributed by atoms with E-state index in [1.807, 2.05) is 89.2 Å². The highest BCUT2D eigenvalue weighted by atomic mass is 32.1. The molecule has 3 aliphatic heterocycles. The van der Waals surface area contributed by atoms with Gasteiger partial charge >= 0.3 is 13.3 Å². The van der Waals surface area contributed by atoms with Crippen LogP contribution in [0.5, 0.6) is 0 Å². The van der Waals surface area contributed by atoms with Crippen molar-refractivity contribution in [3.8, 4) is 10.4 Å². The maximum Gasteiger partial charge on any atom is 0.399 e. The van der Waals surface area contributed by atoms with E-state index in [0.717, 1.165) is 82.8 Å². The van der Waals surface area contributed by atoms with E-state index in [4.69, 9.17) is 0 Å². The zero-order valence-corrected chi connectivity index (χ0v) is 56.7. The molecule has 2 aromatic heterocycles. The number of piperidine rings is 1. The van der Waals surface area contributed by atoms with Crippen LogP contribution in [0, 0.1) is 17.8 Å². The monoisotopic (exact) mass is 1340 g/mol. The third-order valence-electron chi connectivity index (χ3n) is 17.7. The summed E-state index contributed by atoms with van der Waals surface area (Å²) in [5.41, 5.74) is -1.35. The number of aromatic nitrogens is 1. The Morgan fingerprint density at radius 1 is 0.731 bits per heavy atom. The number of aliphatic hydroxyl groups excluding tert-OH is 1.